The number of ether oxygens (including phenoxy) is 6. The SMILES string of the molecule is COc1ccc(C[C@H]2NC(=O)/C=C\C[C@@H]([C@H](C)[C@H]3O[C@@H]3c3ccc(CNC(=O)[C@H](CCC(=O)NC[C@H]4O[C@@H](OC)[C@H](O)[C@@H](O)[C@@H]4O)NC(=O)[C@@H](NC(=O)CCN(CCC(=O)O)C(=O)CCC(=O)NCCS(=O)(=O)[O-])C(C)C)cc3)OC(=O)[C@H](CC(C)C)OC(=O)C(C)(C)CNC2=O)cc1Cl.[Na+]. The third-order valence-corrected chi connectivity index (χ3v) is 17.8. The molecule has 0 spiro atoms. The van der Waals surface area contributed by atoms with E-state index < -0.39 is 210 Å². The molecule has 101 heavy (non-hydrogen) atoms. The van der Waals surface area contributed by atoms with E-state index >= 15 is 0 Å². The van der Waals surface area contributed by atoms with Gasteiger partial charge in [0.05, 0.1) is 45.9 Å². The zero-order chi connectivity index (χ0) is 74.3. The number of carboxylic acids is 1. The van der Waals surface area contributed by atoms with Gasteiger partial charge in [-0.1, -0.05) is 82.6 Å². The molecular weight excluding hydrogens is 1380 g/mol. The van der Waals surface area contributed by atoms with Crippen LogP contribution in [0.3, 0.4) is 0 Å². The molecule has 2 saturated heterocycles. The van der Waals surface area contributed by atoms with Gasteiger partial charge in [-0.05, 0) is 73.4 Å². The number of nitrogens with one attached hydrogen (secondary N) is 7. The number of carboxylic acid groups (broad SMARTS) is 1. The minimum atomic E-state index is -4.63. The van der Waals surface area contributed by atoms with Crippen LogP contribution in [0.25, 0.3) is 0 Å². The van der Waals surface area contributed by atoms with Gasteiger partial charge in [-0.3, -0.25) is 47.9 Å². The van der Waals surface area contributed by atoms with Gasteiger partial charge < -0.3 is 95.5 Å². The first-order valence-corrected chi connectivity index (χ1v) is 34.8. The molecule has 2 fully saturated rings. The molecule has 3 aliphatic heterocycles. The van der Waals surface area contributed by atoms with E-state index in [1.165, 1.54) is 26.4 Å². The number of aliphatic carboxylic acids is 1. The largest absolute Gasteiger partial charge is 1.00 e. The first kappa shape index (κ1) is 86.5. The number of hydrogen-bond donors (Lipinski definition) is 11. The molecule has 0 saturated carbocycles. The van der Waals surface area contributed by atoms with Crippen LogP contribution in [0.15, 0.2) is 54.6 Å². The number of methoxy groups -OCH3 is 2. The summed E-state index contributed by atoms with van der Waals surface area (Å²) in [5.41, 5.74) is 0.518. The number of cyclic esters (lactones) is 2. The first-order chi connectivity index (χ1) is 47.0. The molecule has 2 aromatic rings. The molecule has 556 valence electrons. The van der Waals surface area contributed by atoms with Gasteiger partial charge in [0.1, 0.15) is 60.5 Å². The van der Waals surface area contributed by atoms with Crippen LogP contribution in [-0.4, -0.2) is 223 Å². The second-order valence-corrected chi connectivity index (χ2v) is 28.1. The van der Waals surface area contributed by atoms with Crippen molar-refractivity contribution in [1.82, 2.24) is 42.1 Å². The molecule has 5 rings (SSSR count). The van der Waals surface area contributed by atoms with E-state index in [4.69, 9.17) is 40.0 Å². The van der Waals surface area contributed by atoms with Crippen molar-refractivity contribution < 1.29 is 144 Å². The van der Waals surface area contributed by atoms with Crippen molar-refractivity contribution in [3.63, 3.8) is 0 Å². The average Bonchev–Trinajstić information content (AvgIpc) is 1.63. The third-order valence-electron chi connectivity index (χ3n) is 16.8. The number of hydrogen-bond acceptors (Lipinski definition) is 23. The second kappa shape index (κ2) is 40.8. The molecule has 0 bridgehead atoms. The summed E-state index contributed by atoms with van der Waals surface area (Å²) in [7, 11) is -1.97. The van der Waals surface area contributed by atoms with Crippen molar-refractivity contribution in [2.24, 2.45) is 23.2 Å². The molecule has 8 amide bonds. The Hall–Kier alpha value is -6.89. The summed E-state index contributed by atoms with van der Waals surface area (Å²) in [6, 6.07) is 7.94. The van der Waals surface area contributed by atoms with E-state index in [2.05, 4.69) is 37.2 Å². The average molecular weight is 1470 g/mol. The van der Waals surface area contributed by atoms with Crippen molar-refractivity contribution in [1.29, 1.82) is 0 Å². The zero-order valence-electron chi connectivity index (χ0n) is 58.4. The zero-order valence-corrected chi connectivity index (χ0v) is 61.9. The van der Waals surface area contributed by atoms with Gasteiger partial charge in [-0.15, -0.1) is 0 Å². The minimum absolute atomic E-state index is 0. The quantitative estimate of drug-likeness (QED) is 0.0146. The van der Waals surface area contributed by atoms with Gasteiger partial charge in [0.25, 0.3) is 0 Å². The first-order valence-electron chi connectivity index (χ1n) is 32.8. The normalized spacial score (nSPS) is 23.7. The van der Waals surface area contributed by atoms with Crippen molar-refractivity contribution in [3.8, 4) is 5.75 Å². The number of epoxide rings is 1. The fraction of sp³-hybridized carbons (Fsp3) is 0.621. The number of nitrogens with zero attached hydrogens (tertiary/aromatic N) is 1. The van der Waals surface area contributed by atoms with E-state index in [9.17, 15) is 86.1 Å². The van der Waals surface area contributed by atoms with Crippen molar-refractivity contribution in [2.45, 2.75) is 186 Å². The van der Waals surface area contributed by atoms with Gasteiger partial charge in [0.2, 0.25) is 47.3 Å². The maximum atomic E-state index is 14.2. The number of aliphatic hydroxyl groups is 3. The van der Waals surface area contributed by atoms with Gasteiger partial charge >= 0.3 is 47.5 Å². The molecule has 0 radical (unpaired) electrons. The van der Waals surface area contributed by atoms with Crippen molar-refractivity contribution in [2.75, 3.05) is 52.7 Å². The Morgan fingerprint density at radius 2 is 1.47 bits per heavy atom. The Kier molecular flexibility index (Phi) is 35.0. The molecule has 3 heterocycles. The predicted octanol–water partition coefficient (Wildman–Crippen LogP) is -3.14. The summed E-state index contributed by atoms with van der Waals surface area (Å²) in [6.07, 6.45) is -10.7. The smallest absolute Gasteiger partial charge is 0.748 e. The maximum absolute atomic E-state index is 14.2. The molecule has 0 aliphatic carbocycles. The van der Waals surface area contributed by atoms with E-state index in [-0.39, 0.29) is 98.9 Å². The van der Waals surface area contributed by atoms with Gasteiger partial charge in [0, 0.05) is 90.8 Å². The van der Waals surface area contributed by atoms with Crippen LogP contribution in [0.1, 0.15) is 123 Å². The van der Waals surface area contributed by atoms with Gasteiger partial charge in [-0.2, -0.15) is 0 Å². The molecule has 0 unspecified atom stereocenters. The third kappa shape index (κ3) is 28.4. The Bertz CT molecular complexity index is 3350. The summed E-state index contributed by atoms with van der Waals surface area (Å²) in [6.45, 7) is 9.81. The molecule has 3 aliphatic rings. The van der Waals surface area contributed by atoms with Crippen LogP contribution in [0, 0.1) is 23.2 Å². The number of esters is 2. The number of rotatable bonds is 33. The monoisotopic (exact) mass is 1470 g/mol. The molecule has 11 N–H and O–H groups in total. The Morgan fingerprint density at radius 1 is 0.802 bits per heavy atom. The van der Waals surface area contributed by atoms with Crippen LogP contribution in [0.4, 0.5) is 0 Å². The van der Waals surface area contributed by atoms with Crippen LogP contribution < -0.4 is 71.5 Å². The number of amides is 8. The van der Waals surface area contributed by atoms with E-state index in [1.54, 1.807) is 77.1 Å². The molecule has 2 aromatic carbocycles. The molecule has 32 nitrogen and oxygen atoms in total. The minimum Gasteiger partial charge on any atom is -0.748 e. The van der Waals surface area contributed by atoms with E-state index in [1.807, 2.05) is 13.8 Å². The number of aliphatic hydroxyl groups excluding tert-OH is 3. The Labute approximate surface area is 613 Å². The van der Waals surface area contributed by atoms with Crippen LogP contribution in [0.2, 0.25) is 5.02 Å². The van der Waals surface area contributed by atoms with E-state index in [0.717, 1.165) is 4.90 Å². The standard InChI is InChI=1S/C66H95ClN8O24S.Na/c1-35(2)29-46-63(89)96-44(11-10-12-50(78)72-43(31-39-15-19-45(94-8)41(67)30-39)61(87)71-34-66(6,7)65(90)98-46)37(5)58-59(99-58)40-16-13-38(14-17-40)32-70-60(86)42(18-20-49(77)69-33-47-55(83)56(84)57(85)64(95-9)97-47)73-62(88)54(36(3)4)74-51(79)23-26-75(27-24-53(81)82)52(80)22-21-48(76)68-25-28-100(91,92)93;/h10,12-17,19,30,35-37,42-44,46-47,54-59,64,83-85H,11,18,20-29,31-34H2,1-9H3,(H,68,76)(H,69,77)(H,70,86)(H,71,87)(H,72,78)(H,73,88)(H,74,79)(H,81,82)(H,91,92,93);/q;+1/p-1/b12-10-;/t37-,42-,43+,44-,46-,47+,54-,55+,56-,57+,58+,59+,64+;/m0./s1. The fourth-order valence-electron chi connectivity index (χ4n) is 10.7. The summed E-state index contributed by atoms with van der Waals surface area (Å²) in [5.74, 6) is -10.5. The maximum Gasteiger partial charge on any atom is 1.00 e. The summed E-state index contributed by atoms with van der Waals surface area (Å²) in [4.78, 5) is 148. The predicted molar refractivity (Wildman–Crippen MR) is 353 cm³/mol. The molecular formula is C66H94ClN8NaO24S. The van der Waals surface area contributed by atoms with Crippen LogP contribution in [0.5, 0.6) is 5.75 Å². The van der Waals surface area contributed by atoms with Gasteiger partial charge in [0.15, 0.2) is 12.4 Å². The topological polar surface area (TPSA) is 472 Å². The number of benzene rings is 2. The number of carbonyl (C=O) groups is 11. The second-order valence-electron chi connectivity index (χ2n) is 26.1. The molecule has 0 aromatic heterocycles. The van der Waals surface area contributed by atoms with Crippen LogP contribution in [-0.2, 0) is 99.5 Å². The fourth-order valence-corrected chi connectivity index (χ4v) is 11.4. The summed E-state index contributed by atoms with van der Waals surface area (Å²) >= 11 is 6.39. The number of halogens is 1. The van der Waals surface area contributed by atoms with Crippen LogP contribution >= 0.6 is 11.6 Å². The summed E-state index contributed by atoms with van der Waals surface area (Å²) in [5, 5.41) is 58.9. The molecule has 35 heteroatoms. The Balaban J connectivity index is 0.0000216. The van der Waals surface area contributed by atoms with E-state index in [0.29, 0.717) is 22.4 Å². The number of carbonyl (C=O) groups excluding carboxylic acids is 10. The molecule has 13 atom stereocenters. The van der Waals surface area contributed by atoms with Crippen molar-refractivity contribution in [3.05, 3.63) is 76.3 Å². The van der Waals surface area contributed by atoms with Gasteiger partial charge in [-0.25, -0.2) is 13.2 Å². The Morgan fingerprint density at radius 3 is 2.09 bits per heavy atom. The summed E-state index contributed by atoms with van der Waals surface area (Å²) < 4.78 is 66.7. The van der Waals surface area contributed by atoms with Crippen molar-refractivity contribution >= 4 is 86.9 Å².